The minimum Gasteiger partial charge on any atom is -0.337 e. The molecule has 2 heterocycles. The summed E-state index contributed by atoms with van der Waals surface area (Å²) in [6, 6.07) is 5.09. The number of fused-ring (bicyclic) bond motifs is 1. The van der Waals surface area contributed by atoms with Crippen molar-refractivity contribution in [2.75, 3.05) is 26.7 Å². The number of unbranched alkanes of at least 4 members (excludes halogenated alkanes) is 2. The van der Waals surface area contributed by atoms with Gasteiger partial charge in [0.1, 0.15) is 18.0 Å². The van der Waals surface area contributed by atoms with Gasteiger partial charge in [-0.15, -0.1) is 0 Å². The van der Waals surface area contributed by atoms with Gasteiger partial charge in [0.2, 0.25) is 11.8 Å². The summed E-state index contributed by atoms with van der Waals surface area (Å²) in [5.41, 5.74) is 0.778. The Labute approximate surface area is 214 Å². The molecule has 9 heteroatoms. The second-order valence-electron chi connectivity index (χ2n) is 10.0. The number of halogens is 1. The number of carbonyl (C=O) groups excluding carboxylic acids is 3. The molecular formula is C27H42FN5O3. The second-order valence-corrected chi connectivity index (χ2v) is 10.0. The molecule has 1 aromatic rings. The monoisotopic (exact) mass is 503 g/mol. The maximum absolute atomic E-state index is 13.6. The largest absolute Gasteiger partial charge is 0.337 e. The van der Waals surface area contributed by atoms with Crippen LogP contribution >= 0.6 is 0 Å². The highest BCUT2D eigenvalue weighted by Crippen LogP contribution is 2.29. The van der Waals surface area contributed by atoms with Gasteiger partial charge < -0.3 is 15.1 Å². The minimum atomic E-state index is -0.562. The standard InChI is InChI=1S/C27H42FN5O3/c1-5-8-10-20(7-3)17-31-18-24-32(23(26(31)35)11-9-6-2)25(34)19-30(4)33(24)27(36)29-16-21-12-14-22(28)15-13-21/h12-15,20,23-24H,5-11,16-19H2,1-4H3,(H,29,36)/t20?,23-,24-/m0/s1. The van der Waals surface area contributed by atoms with Crippen molar-refractivity contribution in [2.24, 2.45) is 5.92 Å². The lowest BCUT2D eigenvalue weighted by molar-refractivity contribution is -0.188. The molecular weight excluding hydrogens is 461 g/mol. The molecule has 2 aliphatic heterocycles. The fraction of sp³-hybridized carbons (Fsp3) is 0.667. The van der Waals surface area contributed by atoms with Crippen molar-refractivity contribution >= 4 is 17.8 Å². The highest BCUT2D eigenvalue weighted by molar-refractivity contribution is 5.91. The molecule has 3 rings (SSSR count). The number of hydrogen-bond donors (Lipinski definition) is 1. The third-order valence-electron chi connectivity index (χ3n) is 7.36. The van der Waals surface area contributed by atoms with Crippen molar-refractivity contribution in [3.05, 3.63) is 35.6 Å². The zero-order valence-corrected chi connectivity index (χ0v) is 22.2. The quantitative estimate of drug-likeness (QED) is 0.496. The number of carbonyl (C=O) groups is 3. The summed E-state index contributed by atoms with van der Waals surface area (Å²) in [6.45, 7) is 7.61. The summed E-state index contributed by atoms with van der Waals surface area (Å²) in [7, 11) is 1.73. The van der Waals surface area contributed by atoms with E-state index in [0.29, 0.717) is 25.4 Å². The Bertz CT molecular complexity index is 896. The van der Waals surface area contributed by atoms with Crippen molar-refractivity contribution in [2.45, 2.75) is 84.5 Å². The first-order valence-electron chi connectivity index (χ1n) is 13.4. The highest BCUT2D eigenvalue weighted by Gasteiger charge is 2.50. The van der Waals surface area contributed by atoms with E-state index in [1.807, 2.05) is 4.90 Å². The Kier molecular flexibility index (Phi) is 10.1. The number of hydrogen-bond acceptors (Lipinski definition) is 4. The van der Waals surface area contributed by atoms with E-state index in [0.717, 1.165) is 44.1 Å². The average molecular weight is 504 g/mol. The number of benzene rings is 1. The Morgan fingerprint density at radius 1 is 1.11 bits per heavy atom. The smallest absolute Gasteiger partial charge is 0.334 e. The van der Waals surface area contributed by atoms with Crippen LogP contribution in [0.1, 0.15) is 71.3 Å². The number of nitrogens with one attached hydrogen (secondary N) is 1. The van der Waals surface area contributed by atoms with Gasteiger partial charge >= 0.3 is 6.03 Å². The van der Waals surface area contributed by atoms with Gasteiger partial charge in [-0.05, 0) is 36.5 Å². The molecule has 0 aromatic heterocycles. The molecule has 4 amide bonds. The third-order valence-corrected chi connectivity index (χ3v) is 7.36. The number of amides is 4. The molecule has 1 aromatic carbocycles. The molecule has 0 spiro atoms. The van der Waals surface area contributed by atoms with Crippen molar-refractivity contribution in [1.29, 1.82) is 0 Å². The molecule has 8 nitrogen and oxygen atoms in total. The van der Waals surface area contributed by atoms with Crippen LogP contribution in [0.5, 0.6) is 0 Å². The Morgan fingerprint density at radius 2 is 1.81 bits per heavy atom. The van der Waals surface area contributed by atoms with E-state index in [1.165, 1.54) is 12.1 Å². The fourth-order valence-corrected chi connectivity index (χ4v) is 5.23. The molecule has 3 atom stereocenters. The predicted octanol–water partition coefficient (Wildman–Crippen LogP) is 3.97. The summed E-state index contributed by atoms with van der Waals surface area (Å²) in [5, 5.41) is 6.13. The van der Waals surface area contributed by atoms with Gasteiger partial charge in [-0.25, -0.2) is 19.2 Å². The van der Waals surface area contributed by atoms with Crippen LogP contribution in [0.15, 0.2) is 24.3 Å². The van der Waals surface area contributed by atoms with Gasteiger partial charge in [0.25, 0.3) is 0 Å². The van der Waals surface area contributed by atoms with Crippen LogP contribution in [0.3, 0.4) is 0 Å². The fourth-order valence-electron chi connectivity index (χ4n) is 5.23. The SMILES string of the molecule is CCCCC(CC)CN1C[C@H]2N(C(=O)CN(C)N2C(=O)NCc2ccc(F)cc2)[C@@H](CCCC)C1=O. The summed E-state index contributed by atoms with van der Waals surface area (Å²) >= 11 is 0. The predicted molar refractivity (Wildman–Crippen MR) is 137 cm³/mol. The van der Waals surface area contributed by atoms with E-state index in [2.05, 4.69) is 26.1 Å². The third kappa shape index (κ3) is 6.55. The van der Waals surface area contributed by atoms with Crippen LogP contribution in [0.25, 0.3) is 0 Å². The molecule has 0 aliphatic carbocycles. The van der Waals surface area contributed by atoms with Gasteiger partial charge in [0, 0.05) is 20.1 Å². The van der Waals surface area contributed by atoms with Crippen molar-refractivity contribution in [3.8, 4) is 0 Å². The number of piperazine rings is 1. The number of hydrazine groups is 1. The zero-order chi connectivity index (χ0) is 26.2. The molecule has 200 valence electrons. The normalized spacial score (nSPS) is 21.5. The second kappa shape index (κ2) is 13.0. The van der Waals surface area contributed by atoms with Crippen LogP contribution in [0.4, 0.5) is 9.18 Å². The molecule has 2 fully saturated rings. The molecule has 2 aliphatic rings. The summed E-state index contributed by atoms with van der Waals surface area (Å²) in [6.07, 6.45) is 6.06. The van der Waals surface area contributed by atoms with Crippen LogP contribution in [-0.2, 0) is 16.1 Å². The molecule has 0 bridgehead atoms. The minimum absolute atomic E-state index is 0.000720. The lowest BCUT2D eigenvalue weighted by atomic mass is 9.96. The van der Waals surface area contributed by atoms with Gasteiger partial charge in [-0.1, -0.05) is 65.0 Å². The Morgan fingerprint density at radius 3 is 2.44 bits per heavy atom. The summed E-state index contributed by atoms with van der Waals surface area (Å²) in [5.74, 6) is -0.0640. The van der Waals surface area contributed by atoms with E-state index in [1.54, 1.807) is 34.1 Å². The molecule has 0 radical (unpaired) electrons. The zero-order valence-electron chi connectivity index (χ0n) is 22.2. The van der Waals surface area contributed by atoms with Gasteiger partial charge in [0.15, 0.2) is 0 Å². The van der Waals surface area contributed by atoms with E-state index in [4.69, 9.17) is 0 Å². The van der Waals surface area contributed by atoms with E-state index >= 15 is 0 Å². The van der Waals surface area contributed by atoms with Gasteiger partial charge in [0.05, 0.1) is 13.1 Å². The molecule has 2 saturated heterocycles. The number of likely N-dealkylation sites (N-methyl/N-ethyl adjacent to an activating group) is 1. The summed E-state index contributed by atoms with van der Waals surface area (Å²) < 4.78 is 13.3. The van der Waals surface area contributed by atoms with E-state index in [9.17, 15) is 18.8 Å². The maximum atomic E-state index is 13.6. The first-order valence-corrected chi connectivity index (χ1v) is 13.4. The molecule has 0 saturated carbocycles. The first-order chi connectivity index (χ1) is 17.3. The van der Waals surface area contributed by atoms with Crippen LogP contribution in [-0.4, -0.2) is 76.6 Å². The number of nitrogens with zero attached hydrogens (tertiary/aromatic N) is 4. The average Bonchev–Trinajstić information content (AvgIpc) is 2.86. The van der Waals surface area contributed by atoms with Gasteiger partial charge in [-0.3, -0.25) is 9.59 Å². The Balaban J connectivity index is 1.83. The molecule has 36 heavy (non-hydrogen) atoms. The van der Waals surface area contributed by atoms with Crippen molar-refractivity contribution in [3.63, 3.8) is 0 Å². The molecule has 1 N–H and O–H groups in total. The maximum Gasteiger partial charge on any atom is 0.334 e. The lowest BCUT2D eigenvalue weighted by Gasteiger charge is -2.54. The lowest BCUT2D eigenvalue weighted by Crippen LogP contribution is -2.76. The molecule has 1 unspecified atom stereocenters. The van der Waals surface area contributed by atoms with Crippen molar-refractivity contribution in [1.82, 2.24) is 25.1 Å². The topological polar surface area (TPSA) is 76.2 Å². The van der Waals surface area contributed by atoms with Crippen LogP contribution in [0, 0.1) is 11.7 Å². The van der Waals surface area contributed by atoms with Crippen LogP contribution in [0.2, 0.25) is 0 Å². The highest BCUT2D eigenvalue weighted by atomic mass is 19.1. The Hall–Kier alpha value is -2.68. The van der Waals surface area contributed by atoms with E-state index < -0.39 is 12.2 Å². The van der Waals surface area contributed by atoms with Gasteiger partial charge in [-0.2, -0.15) is 0 Å². The summed E-state index contributed by atoms with van der Waals surface area (Å²) in [4.78, 5) is 43.7. The van der Waals surface area contributed by atoms with Crippen molar-refractivity contribution < 1.29 is 18.8 Å². The number of urea groups is 1. The van der Waals surface area contributed by atoms with E-state index in [-0.39, 0.29) is 36.8 Å². The number of rotatable bonds is 11. The van der Waals surface area contributed by atoms with Crippen LogP contribution < -0.4 is 5.32 Å². The first kappa shape index (κ1) is 27.9.